The Morgan fingerprint density at radius 1 is 1.15 bits per heavy atom. The van der Waals surface area contributed by atoms with E-state index >= 15 is 0 Å². The molecular formula is C15H15ClN2O2. The van der Waals surface area contributed by atoms with E-state index in [0.29, 0.717) is 30.3 Å². The highest BCUT2D eigenvalue weighted by Gasteiger charge is 2.02. The topological polar surface area (TPSA) is 51.2 Å². The summed E-state index contributed by atoms with van der Waals surface area (Å²) >= 11 is 5.77. The molecule has 2 rings (SSSR count). The number of carbonyl (C=O) groups is 1. The summed E-state index contributed by atoms with van der Waals surface area (Å²) < 4.78 is 5.45. The Kier molecular flexibility index (Phi) is 5.38. The molecule has 0 saturated heterocycles. The van der Waals surface area contributed by atoms with E-state index in [2.05, 4.69) is 10.3 Å². The van der Waals surface area contributed by atoms with Crippen LogP contribution in [0.4, 0.5) is 0 Å². The highest BCUT2D eigenvalue weighted by Crippen LogP contribution is 2.15. The molecule has 1 aromatic heterocycles. The number of benzene rings is 1. The highest BCUT2D eigenvalue weighted by atomic mass is 35.5. The van der Waals surface area contributed by atoms with Crippen LogP contribution in [0.2, 0.25) is 5.02 Å². The van der Waals surface area contributed by atoms with Crippen molar-refractivity contribution >= 4 is 17.5 Å². The van der Waals surface area contributed by atoms with E-state index in [-0.39, 0.29) is 5.91 Å². The van der Waals surface area contributed by atoms with Crippen LogP contribution in [0.15, 0.2) is 48.8 Å². The number of carbonyl (C=O) groups excluding carboxylic acids is 1. The number of rotatable bonds is 6. The molecule has 1 aromatic carbocycles. The van der Waals surface area contributed by atoms with Crippen molar-refractivity contribution in [3.05, 3.63) is 59.4 Å². The zero-order valence-electron chi connectivity index (χ0n) is 10.9. The average molecular weight is 291 g/mol. The van der Waals surface area contributed by atoms with Crippen molar-refractivity contribution in [2.45, 2.75) is 13.0 Å². The normalized spacial score (nSPS) is 10.1. The van der Waals surface area contributed by atoms with Crippen molar-refractivity contribution in [1.29, 1.82) is 0 Å². The molecule has 0 spiro atoms. The fourth-order valence-electron chi connectivity index (χ4n) is 1.58. The van der Waals surface area contributed by atoms with Gasteiger partial charge in [0.05, 0.1) is 13.0 Å². The highest BCUT2D eigenvalue weighted by molar-refractivity contribution is 6.30. The van der Waals surface area contributed by atoms with E-state index in [1.54, 1.807) is 36.7 Å². The van der Waals surface area contributed by atoms with Gasteiger partial charge in [0, 0.05) is 24.0 Å². The van der Waals surface area contributed by atoms with Gasteiger partial charge < -0.3 is 10.1 Å². The standard InChI is InChI=1S/C15H15ClN2O2/c16-13-1-3-14(4-2-13)20-10-7-15(19)18-11-12-5-8-17-9-6-12/h1-6,8-9H,7,10-11H2,(H,18,19). The van der Waals surface area contributed by atoms with Gasteiger partial charge in [0.15, 0.2) is 0 Å². The van der Waals surface area contributed by atoms with Crippen LogP contribution < -0.4 is 10.1 Å². The minimum Gasteiger partial charge on any atom is -0.493 e. The second-order valence-corrected chi connectivity index (χ2v) is 4.62. The molecule has 0 radical (unpaired) electrons. The van der Waals surface area contributed by atoms with Crippen molar-refractivity contribution in [3.8, 4) is 5.75 Å². The van der Waals surface area contributed by atoms with Gasteiger partial charge in [-0.2, -0.15) is 0 Å². The molecule has 1 amide bonds. The lowest BCUT2D eigenvalue weighted by atomic mass is 10.2. The summed E-state index contributed by atoms with van der Waals surface area (Å²) in [6.07, 6.45) is 3.71. The summed E-state index contributed by atoms with van der Waals surface area (Å²) in [6.45, 7) is 0.839. The number of hydrogen-bond donors (Lipinski definition) is 1. The van der Waals surface area contributed by atoms with Gasteiger partial charge in [-0.3, -0.25) is 9.78 Å². The van der Waals surface area contributed by atoms with Crippen LogP contribution in [0, 0.1) is 0 Å². The molecule has 0 aliphatic rings. The van der Waals surface area contributed by atoms with Crippen LogP contribution in [0.5, 0.6) is 5.75 Å². The Bertz CT molecular complexity index is 544. The first-order valence-electron chi connectivity index (χ1n) is 6.28. The second-order valence-electron chi connectivity index (χ2n) is 4.18. The molecule has 2 aromatic rings. The molecule has 1 heterocycles. The first kappa shape index (κ1) is 14.3. The van der Waals surface area contributed by atoms with E-state index in [4.69, 9.17) is 16.3 Å². The Labute approximate surface area is 122 Å². The second kappa shape index (κ2) is 7.50. The van der Waals surface area contributed by atoms with E-state index in [0.717, 1.165) is 5.56 Å². The third-order valence-electron chi connectivity index (χ3n) is 2.65. The van der Waals surface area contributed by atoms with Gasteiger partial charge in [0.2, 0.25) is 5.91 Å². The fourth-order valence-corrected chi connectivity index (χ4v) is 1.71. The number of ether oxygens (including phenoxy) is 1. The lowest BCUT2D eigenvalue weighted by molar-refractivity contribution is -0.121. The van der Waals surface area contributed by atoms with Crippen molar-refractivity contribution in [1.82, 2.24) is 10.3 Å². The van der Waals surface area contributed by atoms with Gasteiger partial charge in [-0.15, -0.1) is 0 Å². The molecule has 0 aliphatic heterocycles. The largest absolute Gasteiger partial charge is 0.493 e. The molecule has 104 valence electrons. The summed E-state index contributed by atoms with van der Waals surface area (Å²) in [5.41, 5.74) is 1.02. The van der Waals surface area contributed by atoms with Crippen molar-refractivity contribution in [2.24, 2.45) is 0 Å². The molecule has 0 fully saturated rings. The van der Waals surface area contributed by atoms with Crippen molar-refractivity contribution in [2.75, 3.05) is 6.61 Å². The molecular weight excluding hydrogens is 276 g/mol. The lowest BCUT2D eigenvalue weighted by Gasteiger charge is -2.07. The number of pyridine rings is 1. The SMILES string of the molecule is O=C(CCOc1ccc(Cl)cc1)NCc1ccncc1. The van der Waals surface area contributed by atoms with E-state index in [9.17, 15) is 4.79 Å². The van der Waals surface area contributed by atoms with Gasteiger partial charge in [-0.25, -0.2) is 0 Å². The third-order valence-corrected chi connectivity index (χ3v) is 2.90. The predicted molar refractivity (Wildman–Crippen MR) is 77.6 cm³/mol. The Morgan fingerprint density at radius 3 is 2.55 bits per heavy atom. The predicted octanol–water partition coefficient (Wildman–Crippen LogP) is 2.82. The summed E-state index contributed by atoms with van der Waals surface area (Å²) in [6, 6.07) is 10.8. The Morgan fingerprint density at radius 2 is 1.85 bits per heavy atom. The third kappa shape index (κ3) is 4.90. The average Bonchev–Trinajstić information content (AvgIpc) is 2.48. The van der Waals surface area contributed by atoms with E-state index in [1.807, 2.05) is 12.1 Å². The minimum absolute atomic E-state index is 0.0456. The van der Waals surface area contributed by atoms with E-state index < -0.39 is 0 Å². The smallest absolute Gasteiger partial charge is 0.223 e. The Hall–Kier alpha value is -2.07. The summed E-state index contributed by atoms with van der Waals surface area (Å²) in [5, 5.41) is 3.49. The van der Waals surface area contributed by atoms with E-state index in [1.165, 1.54) is 0 Å². The number of nitrogens with one attached hydrogen (secondary N) is 1. The van der Waals surface area contributed by atoms with Crippen molar-refractivity contribution < 1.29 is 9.53 Å². The van der Waals surface area contributed by atoms with Crippen LogP contribution >= 0.6 is 11.6 Å². The van der Waals surface area contributed by atoms with Gasteiger partial charge >= 0.3 is 0 Å². The van der Waals surface area contributed by atoms with Gasteiger partial charge in [-0.05, 0) is 42.0 Å². The minimum atomic E-state index is -0.0456. The molecule has 0 unspecified atom stereocenters. The monoisotopic (exact) mass is 290 g/mol. The number of hydrogen-bond acceptors (Lipinski definition) is 3. The first-order chi connectivity index (χ1) is 9.74. The summed E-state index contributed by atoms with van der Waals surface area (Å²) in [4.78, 5) is 15.6. The number of halogens is 1. The lowest BCUT2D eigenvalue weighted by Crippen LogP contribution is -2.24. The molecule has 0 atom stereocenters. The number of nitrogens with zero attached hydrogens (tertiary/aromatic N) is 1. The molecule has 20 heavy (non-hydrogen) atoms. The zero-order valence-corrected chi connectivity index (χ0v) is 11.6. The maximum atomic E-state index is 11.6. The van der Waals surface area contributed by atoms with Crippen LogP contribution in [-0.2, 0) is 11.3 Å². The van der Waals surface area contributed by atoms with Crippen molar-refractivity contribution in [3.63, 3.8) is 0 Å². The zero-order chi connectivity index (χ0) is 14.2. The maximum absolute atomic E-state index is 11.6. The number of aromatic nitrogens is 1. The molecule has 0 aliphatic carbocycles. The first-order valence-corrected chi connectivity index (χ1v) is 6.66. The molecule has 0 saturated carbocycles. The van der Waals surface area contributed by atoms with Gasteiger partial charge in [-0.1, -0.05) is 11.6 Å². The van der Waals surface area contributed by atoms with Gasteiger partial charge in [0.1, 0.15) is 5.75 Å². The fraction of sp³-hybridized carbons (Fsp3) is 0.200. The molecule has 1 N–H and O–H groups in total. The van der Waals surface area contributed by atoms with Gasteiger partial charge in [0.25, 0.3) is 0 Å². The van der Waals surface area contributed by atoms with Crippen LogP contribution in [-0.4, -0.2) is 17.5 Å². The molecule has 0 bridgehead atoms. The quantitative estimate of drug-likeness (QED) is 0.890. The summed E-state index contributed by atoms with van der Waals surface area (Å²) in [7, 11) is 0. The Balaban J connectivity index is 1.66. The maximum Gasteiger partial charge on any atom is 0.223 e. The number of amides is 1. The summed E-state index contributed by atoms with van der Waals surface area (Å²) in [5.74, 6) is 0.659. The molecule has 4 nitrogen and oxygen atoms in total. The van der Waals surface area contributed by atoms with Crippen LogP contribution in [0.3, 0.4) is 0 Å². The van der Waals surface area contributed by atoms with Crippen LogP contribution in [0.1, 0.15) is 12.0 Å². The van der Waals surface area contributed by atoms with Crippen LogP contribution in [0.25, 0.3) is 0 Å². The molecule has 5 heteroatoms.